The molecule has 0 aliphatic carbocycles. The fourth-order valence-corrected chi connectivity index (χ4v) is 3.87. The Bertz CT molecular complexity index is 621. The van der Waals surface area contributed by atoms with Crippen LogP contribution in [0.15, 0.2) is 22.5 Å². The maximum absolute atomic E-state index is 12.4. The topological polar surface area (TPSA) is 60.0 Å². The van der Waals surface area contributed by atoms with E-state index in [1.165, 1.54) is 17.7 Å². The molecule has 2 heterocycles. The van der Waals surface area contributed by atoms with E-state index in [1.807, 2.05) is 11.4 Å². The molecular formula is C17H27F3IN5OS. The van der Waals surface area contributed by atoms with Crippen LogP contribution in [0.3, 0.4) is 0 Å². The van der Waals surface area contributed by atoms with Gasteiger partial charge in [0.2, 0.25) is 5.91 Å². The van der Waals surface area contributed by atoms with E-state index in [0.717, 1.165) is 20.1 Å². The summed E-state index contributed by atoms with van der Waals surface area (Å²) in [5.74, 6) is -0.255. The standard InChI is InChI=1S/C17H26F3N5OS.HI/c1-21-16(23-11-15(26)24(2)12-17(18,19)20)22-10-13(14-6-5-9-27-14)25-7-3-4-8-25;/h5-6,9,13H,3-4,7-8,10-12H2,1-2H3,(H2,21,22,23);1H. The second-order valence-electron chi connectivity index (χ2n) is 6.45. The normalized spacial score (nSPS) is 16.4. The van der Waals surface area contributed by atoms with E-state index in [1.54, 1.807) is 18.4 Å². The molecule has 0 aromatic carbocycles. The second kappa shape index (κ2) is 11.8. The van der Waals surface area contributed by atoms with E-state index in [4.69, 9.17) is 0 Å². The van der Waals surface area contributed by atoms with Crippen molar-refractivity contribution in [1.82, 2.24) is 20.4 Å². The number of rotatable bonds is 7. The van der Waals surface area contributed by atoms with Crippen LogP contribution in [0, 0.1) is 0 Å². The van der Waals surface area contributed by atoms with Gasteiger partial charge in [-0.25, -0.2) is 0 Å². The molecule has 1 aromatic rings. The third-order valence-corrected chi connectivity index (χ3v) is 5.36. The number of carbonyl (C=O) groups excluding carboxylic acids is 1. The molecule has 1 fully saturated rings. The van der Waals surface area contributed by atoms with Crippen LogP contribution in [0.1, 0.15) is 23.8 Å². The number of carbonyl (C=O) groups is 1. The summed E-state index contributed by atoms with van der Waals surface area (Å²) in [6.07, 6.45) is -2.06. The molecule has 1 saturated heterocycles. The molecule has 28 heavy (non-hydrogen) atoms. The molecule has 1 unspecified atom stereocenters. The summed E-state index contributed by atoms with van der Waals surface area (Å²) in [6, 6.07) is 4.32. The Morgan fingerprint density at radius 2 is 2.04 bits per heavy atom. The number of aliphatic imine (C=N–C) groups is 1. The lowest BCUT2D eigenvalue weighted by atomic mass is 10.2. The summed E-state index contributed by atoms with van der Waals surface area (Å²) in [5.41, 5.74) is 0. The third kappa shape index (κ3) is 8.11. The first-order valence-electron chi connectivity index (χ1n) is 8.83. The van der Waals surface area contributed by atoms with Crippen LogP contribution in [0.5, 0.6) is 0 Å². The largest absolute Gasteiger partial charge is 0.406 e. The van der Waals surface area contributed by atoms with Gasteiger partial charge in [-0.2, -0.15) is 13.2 Å². The molecule has 11 heteroatoms. The smallest absolute Gasteiger partial charge is 0.354 e. The zero-order chi connectivity index (χ0) is 19.9. The Morgan fingerprint density at radius 1 is 1.36 bits per heavy atom. The first kappa shape index (κ1) is 25.0. The Kier molecular flexibility index (Phi) is 10.5. The van der Waals surface area contributed by atoms with Crippen LogP contribution < -0.4 is 10.6 Å². The van der Waals surface area contributed by atoms with Gasteiger partial charge >= 0.3 is 6.18 Å². The number of hydrogen-bond acceptors (Lipinski definition) is 4. The number of nitrogens with one attached hydrogen (secondary N) is 2. The number of likely N-dealkylation sites (tertiary alicyclic amines) is 1. The van der Waals surface area contributed by atoms with Gasteiger partial charge < -0.3 is 15.5 Å². The van der Waals surface area contributed by atoms with Crippen molar-refractivity contribution in [3.8, 4) is 0 Å². The fourth-order valence-electron chi connectivity index (χ4n) is 3.01. The van der Waals surface area contributed by atoms with Crippen LogP contribution in [0.2, 0.25) is 0 Å². The molecule has 0 bridgehead atoms. The van der Waals surface area contributed by atoms with Crippen molar-refractivity contribution in [3.05, 3.63) is 22.4 Å². The quantitative estimate of drug-likeness (QED) is 0.322. The van der Waals surface area contributed by atoms with Gasteiger partial charge in [0, 0.05) is 25.5 Å². The molecule has 1 aliphatic rings. The zero-order valence-corrected chi connectivity index (χ0v) is 19.1. The molecule has 160 valence electrons. The Balaban J connectivity index is 0.00000392. The number of thiophene rings is 1. The third-order valence-electron chi connectivity index (χ3n) is 4.39. The van der Waals surface area contributed by atoms with Gasteiger partial charge in [-0.05, 0) is 37.4 Å². The van der Waals surface area contributed by atoms with Gasteiger partial charge in [0.05, 0.1) is 12.6 Å². The summed E-state index contributed by atoms with van der Waals surface area (Å²) < 4.78 is 37.1. The van der Waals surface area contributed by atoms with Crippen LogP contribution >= 0.6 is 35.3 Å². The first-order valence-corrected chi connectivity index (χ1v) is 9.71. The van der Waals surface area contributed by atoms with Gasteiger partial charge in [-0.1, -0.05) is 6.07 Å². The minimum atomic E-state index is -4.41. The average molecular weight is 533 g/mol. The highest BCUT2D eigenvalue weighted by molar-refractivity contribution is 14.0. The van der Waals surface area contributed by atoms with Gasteiger partial charge in [0.25, 0.3) is 0 Å². The monoisotopic (exact) mass is 533 g/mol. The van der Waals surface area contributed by atoms with Gasteiger partial charge in [0.15, 0.2) is 5.96 Å². The molecule has 0 saturated carbocycles. The molecule has 2 N–H and O–H groups in total. The first-order chi connectivity index (χ1) is 12.8. The minimum Gasteiger partial charge on any atom is -0.354 e. The van der Waals surface area contributed by atoms with E-state index in [2.05, 4.69) is 26.6 Å². The predicted molar refractivity (Wildman–Crippen MR) is 116 cm³/mol. The summed E-state index contributed by atoms with van der Waals surface area (Å²) in [7, 11) is 2.70. The predicted octanol–water partition coefficient (Wildman–Crippen LogP) is 2.69. The Morgan fingerprint density at radius 3 is 2.57 bits per heavy atom. The summed E-state index contributed by atoms with van der Waals surface area (Å²) in [5, 5.41) is 8.02. The number of amides is 1. The Labute approximate surface area is 184 Å². The van der Waals surface area contributed by atoms with Crippen molar-refractivity contribution in [2.45, 2.75) is 25.1 Å². The van der Waals surface area contributed by atoms with E-state index in [-0.39, 0.29) is 36.6 Å². The lowest BCUT2D eigenvalue weighted by Gasteiger charge is -2.27. The van der Waals surface area contributed by atoms with Crippen molar-refractivity contribution >= 4 is 47.2 Å². The number of halogens is 4. The van der Waals surface area contributed by atoms with E-state index in [9.17, 15) is 18.0 Å². The van der Waals surface area contributed by atoms with Crippen molar-refractivity contribution in [2.75, 3.05) is 46.8 Å². The highest BCUT2D eigenvalue weighted by atomic mass is 127. The summed E-state index contributed by atoms with van der Waals surface area (Å²) in [4.78, 5) is 20.2. The number of likely N-dealkylation sites (N-methyl/N-ethyl adjacent to an activating group) is 1. The summed E-state index contributed by atoms with van der Waals surface area (Å²) in [6.45, 7) is 1.16. The number of nitrogens with zero attached hydrogens (tertiary/aromatic N) is 3. The van der Waals surface area contributed by atoms with Crippen LogP contribution in [0.25, 0.3) is 0 Å². The van der Waals surface area contributed by atoms with Crippen molar-refractivity contribution < 1.29 is 18.0 Å². The molecule has 1 amide bonds. The average Bonchev–Trinajstić information content (AvgIpc) is 3.30. The van der Waals surface area contributed by atoms with Crippen molar-refractivity contribution in [3.63, 3.8) is 0 Å². The molecule has 1 aromatic heterocycles. The lowest BCUT2D eigenvalue weighted by Crippen LogP contribution is -2.47. The molecule has 1 aliphatic heterocycles. The molecule has 1 atom stereocenters. The zero-order valence-electron chi connectivity index (χ0n) is 16.0. The van der Waals surface area contributed by atoms with Gasteiger partial charge in [-0.3, -0.25) is 14.7 Å². The van der Waals surface area contributed by atoms with Crippen LogP contribution in [0.4, 0.5) is 13.2 Å². The summed E-state index contributed by atoms with van der Waals surface area (Å²) >= 11 is 1.70. The van der Waals surface area contributed by atoms with E-state index < -0.39 is 18.6 Å². The van der Waals surface area contributed by atoms with Crippen molar-refractivity contribution in [2.24, 2.45) is 4.99 Å². The molecule has 2 rings (SSSR count). The highest BCUT2D eigenvalue weighted by Gasteiger charge is 2.31. The second-order valence-corrected chi connectivity index (χ2v) is 7.43. The highest BCUT2D eigenvalue weighted by Crippen LogP contribution is 2.27. The van der Waals surface area contributed by atoms with Crippen LogP contribution in [-0.2, 0) is 4.79 Å². The minimum absolute atomic E-state index is 0. The fraction of sp³-hybridized carbons (Fsp3) is 0.647. The van der Waals surface area contributed by atoms with Crippen molar-refractivity contribution in [1.29, 1.82) is 0 Å². The van der Waals surface area contributed by atoms with E-state index >= 15 is 0 Å². The maximum atomic E-state index is 12.4. The lowest BCUT2D eigenvalue weighted by molar-refractivity contribution is -0.157. The molecular weight excluding hydrogens is 506 g/mol. The van der Waals surface area contributed by atoms with Crippen LogP contribution in [-0.4, -0.2) is 74.7 Å². The number of alkyl halides is 3. The number of guanidine groups is 1. The SMILES string of the molecule is CN=C(NCC(=O)N(C)CC(F)(F)F)NCC(c1cccs1)N1CCCC1.I. The Hall–Kier alpha value is -1.08. The van der Waals surface area contributed by atoms with Gasteiger partial charge in [-0.15, -0.1) is 35.3 Å². The number of hydrogen-bond donors (Lipinski definition) is 2. The van der Waals surface area contributed by atoms with E-state index in [0.29, 0.717) is 17.4 Å². The molecule has 0 radical (unpaired) electrons. The molecule has 6 nitrogen and oxygen atoms in total. The maximum Gasteiger partial charge on any atom is 0.406 e. The van der Waals surface area contributed by atoms with Gasteiger partial charge in [0.1, 0.15) is 6.54 Å². The molecule has 0 spiro atoms.